The SMILES string of the molecule is OCC#Cc1ccc(OCCN2CCCCCC2)cc1. The zero-order chi connectivity index (χ0) is 14.0. The lowest BCUT2D eigenvalue weighted by atomic mass is 10.2. The smallest absolute Gasteiger partial charge is 0.119 e. The molecule has 0 aromatic heterocycles. The molecule has 1 saturated heterocycles. The van der Waals surface area contributed by atoms with Crippen molar-refractivity contribution >= 4 is 0 Å². The average molecular weight is 273 g/mol. The van der Waals surface area contributed by atoms with Crippen molar-refractivity contribution in [3.05, 3.63) is 29.8 Å². The van der Waals surface area contributed by atoms with Gasteiger partial charge < -0.3 is 9.84 Å². The molecule has 1 fully saturated rings. The molecule has 1 aliphatic rings. The Morgan fingerprint density at radius 1 is 1.05 bits per heavy atom. The van der Waals surface area contributed by atoms with E-state index < -0.39 is 0 Å². The van der Waals surface area contributed by atoms with Gasteiger partial charge in [0.1, 0.15) is 19.0 Å². The quantitative estimate of drug-likeness (QED) is 0.854. The van der Waals surface area contributed by atoms with Crippen LogP contribution in [-0.2, 0) is 0 Å². The average Bonchev–Trinajstić information content (AvgIpc) is 2.75. The molecule has 0 amide bonds. The summed E-state index contributed by atoms with van der Waals surface area (Å²) >= 11 is 0. The van der Waals surface area contributed by atoms with E-state index in [4.69, 9.17) is 9.84 Å². The molecular formula is C17H23NO2. The van der Waals surface area contributed by atoms with Crippen molar-refractivity contribution in [3.63, 3.8) is 0 Å². The molecule has 1 heterocycles. The van der Waals surface area contributed by atoms with Crippen molar-refractivity contribution in [1.29, 1.82) is 0 Å². The monoisotopic (exact) mass is 273 g/mol. The summed E-state index contributed by atoms with van der Waals surface area (Å²) in [6.07, 6.45) is 5.37. The van der Waals surface area contributed by atoms with Crippen LogP contribution in [0, 0.1) is 11.8 Å². The Kier molecular flexibility index (Phi) is 6.43. The second-order valence-electron chi connectivity index (χ2n) is 5.09. The maximum Gasteiger partial charge on any atom is 0.119 e. The lowest BCUT2D eigenvalue weighted by molar-refractivity contribution is 0.214. The van der Waals surface area contributed by atoms with Gasteiger partial charge in [-0.1, -0.05) is 24.7 Å². The Balaban J connectivity index is 1.73. The third-order valence-corrected chi connectivity index (χ3v) is 3.54. The van der Waals surface area contributed by atoms with Gasteiger partial charge in [0.25, 0.3) is 0 Å². The summed E-state index contributed by atoms with van der Waals surface area (Å²) in [5.74, 6) is 6.39. The van der Waals surface area contributed by atoms with Crippen LogP contribution in [0.2, 0.25) is 0 Å². The minimum absolute atomic E-state index is 0.103. The molecule has 0 spiro atoms. The zero-order valence-corrected chi connectivity index (χ0v) is 12.0. The number of benzene rings is 1. The van der Waals surface area contributed by atoms with Gasteiger partial charge in [-0.05, 0) is 50.2 Å². The predicted octanol–water partition coefficient (Wildman–Crippen LogP) is 2.29. The molecule has 0 radical (unpaired) electrons. The molecular weight excluding hydrogens is 250 g/mol. The van der Waals surface area contributed by atoms with Crippen LogP contribution in [-0.4, -0.2) is 42.9 Å². The first-order valence-electron chi connectivity index (χ1n) is 7.43. The molecule has 1 N–H and O–H groups in total. The van der Waals surface area contributed by atoms with Gasteiger partial charge in [-0.3, -0.25) is 4.90 Å². The van der Waals surface area contributed by atoms with Crippen LogP contribution in [0.4, 0.5) is 0 Å². The van der Waals surface area contributed by atoms with Gasteiger partial charge in [0.2, 0.25) is 0 Å². The zero-order valence-electron chi connectivity index (χ0n) is 12.0. The highest BCUT2D eigenvalue weighted by molar-refractivity contribution is 5.38. The van der Waals surface area contributed by atoms with Crippen LogP contribution in [0.5, 0.6) is 5.75 Å². The van der Waals surface area contributed by atoms with Gasteiger partial charge in [0, 0.05) is 12.1 Å². The lowest BCUT2D eigenvalue weighted by Gasteiger charge is -2.19. The highest BCUT2D eigenvalue weighted by Crippen LogP contribution is 2.12. The number of aliphatic hydroxyl groups is 1. The standard InChI is InChI=1S/C17H23NO2/c19-14-5-6-16-7-9-17(10-8-16)20-15-13-18-11-3-1-2-4-12-18/h7-10,19H,1-4,11-15H2. The Morgan fingerprint density at radius 3 is 2.40 bits per heavy atom. The molecule has 0 unspecified atom stereocenters. The van der Waals surface area contributed by atoms with Crippen LogP contribution in [0.25, 0.3) is 0 Å². The summed E-state index contributed by atoms with van der Waals surface area (Å²) in [4.78, 5) is 2.49. The van der Waals surface area contributed by atoms with Gasteiger partial charge >= 0.3 is 0 Å². The van der Waals surface area contributed by atoms with Gasteiger partial charge in [0.05, 0.1) is 0 Å². The van der Waals surface area contributed by atoms with E-state index in [1.54, 1.807) is 0 Å². The molecule has 0 saturated carbocycles. The molecule has 3 heteroatoms. The topological polar surface area (TPSA) is 32.7 Å². The number of likely N-dealkylation sites (tertiary alicyclic amines) is 1. The highest BCUT2D eigenvalue weighted by atomic mass is 16.5. The molecule has 0 atom stereocenters. The third-order valence-electron chi connectivity index (χ3n) is 3.54. The van der Waals surface area contributed by atoms with Crippen LogP contribution in [0.3, 0.4) is 0 Å². The fourth-order valence-corrected chi connectivity index (χ4v) is 2.43. The highest BCUT2D eigenvalue weighted by Gasteiger charge is 2.08. The van der Waals surface area contributed by atoms with Gasteiger partial charge in [0.15, 0.2) is 0 Å². The van der Waals surface area contributed by atoms with E-state index in [0.717, 1.165) is 24.5 Å². The molecule has 1 aliphatic heterocycles. The van der Waals surface area contributed by atoms with E-state index in [0.29, 0.717) is 0 Å². The molecule has 108 valence electrons. The Morgan fingerprint density at radius 2 is 1.75 bits per heavy atom. The number of rotatable bonds is 4. The maximum absolute atomic E-state index is 8.64. The van der Waals surface area contributed by atoms with Crippen molar-refractivity contribution < 1.29 is 9.84 Å². The van der Waals surface area contributed by atoms with Crippen molar-refractivity contribution in [3.8, 4) is 17.6 Å². The lowest BCUT2D eigenvalue weighted by Crippen LogP contribution is -2.29. The Bertz CT molecular complexity index is 436. The van der Waals surface area contributed by atoms with Crippen LogP contribution < -0.4 is 4.74 Å². The summed E-state index contributed by atoms with van der Waals surface area (Å²) in [6.45, 7) is 4.06. The first kappa shape index (κ1) is 14.9. The van der Waals surface area contributed by atoms with E-state index in [1.807, 2.05) is 24.3 Å². The van der Waals surface area contributed by atoms with Gasteiger partial charge in [-0.15, -0.1) is 0 Å². The molecule has 2 rings (SSSR count). The van der Waals surface area contributed by atoms with Crippen molar-refractivity contribution in [1.82, 2.24) is 4.90 Å². The summed E-state index contributed by atoms with van der Waals surface area (Å²) < 4.78 is 5.77. The van der Waals surface area contributed by atoms with Gasteiger partial charge in [-0.2, -0.15) is 0 Å². The molecule has 20 heavy (non-hydrogen) atoms. The predicted molar refractivity (Wildman–Crippen MR) is 80.8 cm³/mol. The Labute approximate surface area is 121 Å². The summed E-state index contributed by atoms with van der Waals surface area (Å²) in [7, 11) is 0. The number of hydrogen-bond donors (Lipinski definition) is 1. The molecule has 0 aliphatic carbocycles. The number of nitrogens with zero attached hydrogens (tertiary/aromatic N) is 1. The number of aliphatic hydroxyl groups excluding tert-OH is 1. The van der Waals surface area contributed by atoms with E-state index in [9.17, 15) is 0 Å². The molecule has 3 nitrogen and oxygen atoms in total. The van der Waals surface area contributed by atoms with E-state index in [-0.39, 0.29) is 6.61 Å². The minimum Gasteiger partial charge on any atom is -0.492 e. The van der Waals surface area contributed by atoms with Crippen molar-refractivity contribution in [2.45, 2.75) is 25.7 Å². The molecule has 1 aromatic rings. The maximum atomic E-state index is 8.64. The van der Waals surface area contributed by atoms with Crippen molar-refractivity contribution in [2.24, 2.45) is 0 Å². The first-order valence-corrected chi connectivity index (χ1v) is 7.43. The van der Waals surface area contributed by atoms with E-state index in [1.165, 1.54) is 38.8 Å². The fraction of sp³-hybridized carbons (Fsp3) is 0.529. The first-order chi connectivity index (χ1) is 9.88. The number of hydrogen-bond acceptors (Lipinski definition) is 3. The minimum atomic E-state index is -0.103. The van der Waals surface area contributed by atoms with Crippen LogP contribution in [0.1, 0.15) is 31.2 Å². The van der Waals surface area contributed by atoms with Gasteiger partial charge in [-0.25, -0.2) is 0 Å². The summed E-state index contributed by atoms with van der Waals surface area (Å²) in [5, 5.41) is 8.64. The summed E-state index contributed by atoms with van der Waals surface area (Å²) in [5.41, 5.74) is 0.902. The second kappa shape index (κ2) is 8.63. The second-order valence-corrected chi connectivity index (χ2v) is 5.09. The van der Waals surface area contributed by atoms with Crippen LogP contribution >= 0.6 is 0 Å². The van der Waals surface area contributed by atoms with Crippen molar-refractivity contribution in [2.75, 3.05) is 32.8 Å². The largest absolute Gasteiger partial charge is 0.492 e. The van der Waals surface area contributed by atoms with Crippen LogP contribution in [0.15, 0.2) is 24.3 Å². The third kappa shape index (κ3) is 5.24. The number of ether oxygens (including phenoxy) is 1. The summed E-state index contributed by atoms with van der Waals surface area (Å²) in [6, 6.07) is 7.71. The fourth-order valence-electron chi connectivity index (χ4n) is 2.43. The van der Waals surface area contributed by atoms with E-state index in [2.05, 4.69) is 16.7 Å². The molecule has 1 aromatic carbocycles. The van der Waals surface area contributed by atoms with E-state index >= 15 is 0 Å². The molecule has 0 bridgehead atoms. The normalized spacial score (nSPS) is 16.1. The Hall–Kier alpha value is -1.50.